The first-order valence-corrected chi connectivity index (χ1v) is 23.4. The van der Waals surface area contributed by atoms with Crippen LogP contribution < -0.4 is 0 Å². The Morgan fingerprint density at radius 1 is 0.600 bits per heavy atom. The number of esters is 2. The maximum atomic E-state index is 12.6. The lowest BCUT2D eigenvalue weighted by Gasteiger charge is -2.20. The van der Waals surface area contributed by atoms with Gasteiger partial charge in [0.2, 0.25) is 0 Å². The molecule has 0 aromatic heterocycles. The molecule has 3 N–H and O–H groups in total. The number of hydrogen-bond acceptors (Lipinski definition) is 9. The average Bonchev–Trinajstić information content (AvgIpc) is 3.17. The lowest BCUT2D eigenvalue weighted by Crippen LogP contribution is -2.29. The van der Waals surface area contributed by atoms with Crippen LogP contribution in [-0.4, -0.2) is 65.7 Å². The van der Waals surface area contributed by atoms with Crippen molar-refractivity contribution in [2.24, 2.45) is 0 Å². The highest BCUT2D eigenvalue weighted by Crippen LogP contribution is 2.43. The summed E-state index contributed by atoms with van der Waals surface area (Å²) in [6.07, 6.45) is 39.9. The van der Waals surface area contributed by atoms with Crippen molar-refractivity contribution in [3.63, 3.8) is 0 Å². The molecular weight excluding hydrogens is 719 g/mol. The largest absolute Gasteiger partial charge is 0.472 e. The summed E-state index contributed by atoms with van der Waals surface area (Å²) in [5.74, 6) is -0.933. The van der Waals surface area contributed by atoms with Gasteiger partial charge in [-0.3, -0.25) is 18.6 Å². The van der Waals surface area contributed by atoms with Crippen LogP contribution in [0.2, 0.25) is 0 Å². The first-order chi connectivity index (χ1) is 26.7. The molecule has 0 fully saturated rings. The fraction of sp³-hybridized carbons (Fsp3) is 0.818. The van der Waals surface area contributed by atoms with Crippen LogP contribution in [-0.2, 0) is 32.7 Å². The number of rotatable bonds is 42. The average molecular weight is 801 g/mol. The van der Waals surface area contributed by atoms with Gasteiger partial charge in [0.05, 0.1) is 19.8 Å². The summed E-state index contributed by atoms with van der Waals surface area (Å²) in [4.78, 5) is 35.0. The van der Waals surface area contributed by atoms with Crippen molar-refractivity contribution in [2.45, 2.75) is 205 Å². The molecule has 0 aliphatic rings. The molecule has 0 aliphatic heterocycles. The molecule has 0 amide bonds. The molecule has 0 saturated carbocycles. The Hall–Kier alpha value is -1.81. The third-order valence-electron chi connectivity index (χ3n) is 9.41. The monoisotopic (exact) mass is 801 g/mol. The number of aliphatic hydroxyl groups excluding tert-OH is 2. The molecule has 0 saturated heterocycles. The second-order valence-corrected chi connectivity index (χ2v) is 16.3. The van der Waals surface area contributed by atoms with Crippen molar-refractivity contribution < 1.29 is 47.8 Å². The van der Waals surface area contributed by atoms with Crippen molar-refractivity contribution in [1.29, 1.82) is 0 Å². The van der Waals surface area contributed by atoms with Gasteiger partial charge in [-0.25, -0.2) is 4.57 Å². The van der Waals surface area contributed by atoms with Crippen LogP contribution in [0.1, 0.15) is 193 Å². The smallest absolute Gasteiger partial charge is 0.462 e. The van der Waals surface area contributed by atoms with Crippen LogP contribution in [0, 0.1) is 0 Å². The number of phosphoric ester groups is 1. The number of unbranched alkanes of at least 4 members (excludes halogenated alkanes) is 23. The molecule has 55 heavy (non-hydrogen) atoms. The quantitative estimate of drug-likeness (QED) is 0.0236. The van der Waals surface area contributed by atoms with Crippen LogP contribution in [0.15, 0.2) is 37.0 Å². The van der Waals surface area contributed by atoms with E-state index in [2.05, 4.69) is 42.3 Å². The predicted octanol–water partition coefficient (Wildman–Crippen LogP) is 11.6. The first-order valence-electron chi connectivity index (χ1n) is 21.9. The zero-order valence-electron chi connectivity index (χ0n) is 34.7. The van der Waals surface area contributed by atoms with E-state index in [0.717, 1.165) is 57.8 Å². The zero-order valence-corrected chi connectivity index (χ0v) is 35.6. The van der Waals surface area contributed by atoms with E-state index in [4.69, 9.17) is 19.1 Å². The summed E-state index contributed by atoms with van der Waals surface area (Å²) >= 11 is 0. The molecule has 0 rings (SSSR count). The van der Waals surface area contributed by atoms with Crippen molar-refractivity contribution in [3.05, 3.63) is 37.0 Å². The number of carbonyl (C=O) groups excluding carboxylic acids is 2. The number of ether oxygens (including phenoxy) is 2. The summed E-state index contributed by atoms with van der Waals surface area (Å²) in [6.45, 7) is 3.88. The predicted molar refractivity (Wildman–Crippen MR) is 224 cm³/mol. The molecule has 3 atom stereocenters. The van der Waals surface area contributed by atoms with Crippen LogP contribution in [0.4, 0.5) is 0 Å². The molecule has 0 aliphatic carbocycles. The minimum absolute atomic E-state index is 0.181. The second-order valence-electron chi connectivity index (χ2n) is 14.8. The molecule has 0 heterocycles. The number of allylic oxidation sites excluding steroid dienone is 5. The Bertz CT molecular complexity index is 1000. The van der Waals surface area contributed by atoms with E-state index >= 15 is 0 Å². The highest BCUT2D eigenvalue weighted by molar-refractivity contribution is 7.47. The molecule has 0 radical (unpaired) electrons. The zero-order chi connectivity index (χ0) is 40.5. The third-order valence-corrected chi connectivity index (χ3v) is 10.4. The topological polar surface area (TPSA) is 149 Å². The Morgan fingerprint density at radius 2 is 1.04 bits per heavy atom. The third kappa shape index (κ3) is 40.2. The van der Waals surface area contributed by atoms with E-state index in [1.165, 1.54) is 103 Å². The number of aliphatic hydroxyl groups is 2. The highest BCUT2D eigenvalue weighted by Gasteiger charge is 2.27. The van der Waals surface area contributed by atoms with Crippen LogP contribution in [0.25, 0.3) is 0 Å². The Balaban J connectivity index is 4.27. The second kappa shape index (κ2) is 40.4. The van der Waals surface area contributed by atoms with Gasteiger partial charge in [0, 0.05) is 12.8 Å². The minimum Gasteiger partial charge on any atom is -0.462 e. The van der Waals surface area contributed by atoms with Gasteiger partial charge in [-0.15, -0.1) is 6.58 Å². The van der Waals surface area contributed by atoms with Crippen molar-refractivity contribution in [1.82, 2.24) is 0 Å². The van der Waals surface area contributed by atoms with Crippen LogP contribution in [0.3, 0.4) is 0 Å². The number of carbonyl (C=O) groups is 2. The number of hydrogen-bond donors (Lipinski definition) is 3. The molecule has 10 nitrogen and oxygen atoms in total. The van der Waals surface area contributed by atoms with E-state index in [1.807, 2.05) is 6.08 Å². The maximum Gasteiger partial charge on any atom is 0.472 e. The molecular formula is C44H81O10P. The van der Waals surface area contributed by atoms with Gasteiger partial charge < -0.3 is 24.6 Å². The van der Waals surface area contributed by atoms with Crippen molar-refractivity contribution >= 4 is 19.8 Å². The molecule has 0 aromatic rings. The van der Waals surface area contributed by atoms with E-state index in [1.54, 1.807) is 0 Å². The minimum atomic E-state index is -4.62. The molecule has 322 valence electrons. The van der Waals surface area contributed by atoms with Gasteiger partial charge in [0.25, 0.3) is 0 Å². The summed E-state index contributed by atoms with van der Waals surface area (Å²) in [5.41, 5.74) is 0. The van der Waals surface area contributed by atoms with Crippen LogP contribution >= 0.6 is 7.82 Å². The van der Waals surface area contributed by atoms with Gasteiger partial charge in [-0.05, 0) is 57.8 Å². The summed E-state index contributed by atoms with van der Waals surface area (Å²) in [5, 5.41) is 18.3. The van der Waals surface area contributed by atoms with E-state index in [9.17, 15) is 24.2 Å². The van der Waals surface area contributed by atoms with Crippen molar-refractivity contribution in [2.75, 3.05) is 26.4 Å². The Labute approximate surface area is 335 Å². The molecule has 0 spiro atoms. The Kier molecular flexibility index (Phi) is 39.1. The fourth-order valence-electron chi connectivity index (χ4n) is 6.00. The standard InChI is InChI=1S/C44H81O10P/c1-3-5-7-9-11-13-15-17-19-20-22-23-25-27-29-31-33-35-43(47)51-39-42(40-53-55(49,50)52-38-41(46)37-45)54-44(48)36-34-32-30-28-26-24-21-18-16-14-12-10-8-6-4-2/h4,11,13,17,19,41-42,45-46H,2-3,5-10,12,14-16,18,20-40H2,1H3,(H,49,50)/b13-11+,19-17+/t41-,42+/m0/s1. The van der Waals surface area contributed by atoms with E-state index < -0.39 is 51.8 Å². The Morgan fingerprint density at radius 3 is 1.53 bits per heavy atom. The SMILES string of the molecule is C=CCCCCCCCCCCCCCCCC(=O)O[C@H](COC(=O)CCCCCCCCC/C=C/C/C=C/CCCCC)COP(=O)(O)OC[C@@H](O)CO. The van der Waals surface area contributed by atoms with Crippen molar-refractivity contribution in [3.8, 4) is 0 Å². The highest BCUT2D eigenvalue weighted by atomic mass is 31.2. The summed E-state index contributed by atoms with van der Waals surface area (Å²) < 4.78 is 32.7. The fourth-order valence-corrected chi connectivity index (χ4v) is 6.79. The normalized spacial score (nSPS) is 14.0. The van der Waals surface area contributed by atoms with Crippen LogP contribution in [0.5, 0.6) is 0 Å². The lowest BCUT2D eigenvalue weighted by molar-refractivity contribution is -0.161. The summed E-state index contributed by atoms with van der Waals surface area (Å²) in [6, 6.07) is 0. The van der Waals surface area contributed by atoms with Gasteiger partial charge in [0.15, 0.2) is 6.10 Å². The molecule has 11 heteroatoms. The summed E-state index contributed by atoms with van der Waals surface area (Å²) in [7, 11) is -4.62. The lowest BCUT2D eigenvalue weighted by atomic mass is 10.0. The van der Waals surface area contributed by atoms with Gasteiger partial charge in [0.1, 0.15) is 12.7 Å². The molecule has 0 aromatic carbocycles. The van der Waals surface area contributed by atoms with E-state index in [0.29, 0.717) is 12.8 Å². The first kappa shape index (κ1) is 53.2. The molecule has 1 unspecified atom stereocenters. The van der Waals surface area contributed by atoms with Gasteiger partial charge in [-0.2, -0.15) is 0 Å². The maximum absolute atomic E-state index is 12.6. The van der Waals surface area contributed by atoms with Gasteiger partial charge >= 0.3 is 19.8 Å². The number of phosphoric acid groups is 1. The molecule has 0 bridgehead atoms. The van der Waals surface area contributed by atoms with Gasteiger partial charge in [-0.1, -0.05) is 153 Å². The van der Waals surface area contributed by atoms with E-state index in [-0.39, 0.29) is 19.4 Å².